The van der Waals surface area contributed by atoms with Gasteiger partial charge in [0.25, 0.3) is 5.91 Å². The van der Waals surface area contributed by atoms with E-state index in [9.17, 15) is 4.79 Å². The highest BCUT2D eigenvalue weighted by molar-refractivity contribution is 6.05. The van der Waals surface area contributed by atoms with Crippen LogP contribution in [0.3, 0.4) is 0 Å². The van der Waals surface area contributed by atoms with Crippen molar-refractivity contribution in [3.8, 4) is 0 Å². The molecule has 4 heterocycles. The van der Waals surface area contributed by atoms with Crippen molar-refractivity contribution in [2.45, 2.75) is 51.0 Å². The lowest BCUT2D eigenvalue weighted by Gasteiger charge is -2.32. The molecule has 0 saturated carbocycles. The molecule has 0 aliphatic carbocycles. The van der Waals surface area contributed by atoms with Crippen LogP contribution in [0.5, 0.6) is 0 Å². The average Bonchev–Trinajstić information content (AvgIpc) is 3.01. The van der Waals surface area contributed by atoms with E-state index in [1.54, 1.807) is 6.20 Å². The Morgan fingerprint density at radius 1 is 1.00 bits per heavy atom. The maximum absolute atomic E-state index is 13.3. The third-order valence-electron chi connectivity index (χ3n) is 6.07. The summed E-state index contributed by atoms with van der Waals surface area (Å²) in [7, 11) is 0. The Morgan fingerprint density at radius 3 is 2.89 bits per heavy atom. The van der Waals surface area contributed by atoms with Crippen LogP contribution in [0.15, 0.2) is 36.5 Å². The minimum absolute atomic E-state index is 0.0737. The number of para-hydroxylation sites is 1. The summed E-state index contributed by atoms with van der Waals surface area (Å²) >= 11 is 0. The number of benzene rings is 1. The molecule has 0 N–H and O–H groups in total. The van der Waals surface area contributed by atoms with E-state index in [4.69, 9.17) is 0 Å². The lowest BCUT2D eigenvalue weighted by molar-refractivity contribution is 0.0705. The fourth-order valence-electron chi connectivity index (χ4n) is 4.63. The summed E-state index contributed by atoms with van der Waals surface area (Å²) in [6.07, 6.45) is 8.48. The van der Waals surface area contributed by atoms with Crippen LogP contribution >= 0.6 is 0 Å². The summed E-state index contributed by atoms with van der Waals surface area (Å²) in [6.45, 7) is 2.51. The first-order valence-corrected chi connectivity index (χ1v) is 10.4. The van der Waals surface area contributed by atoms with Gasteiger partial charge in [-0.2, -0.15) is 0 Å². The Balaban J connectivity index is 1.42. The van der Waals surface area contributed by atoms with Crippen molar-refractivity contribution < 1.29 is 4.79 Å². The van der Waals surface area contributed by atoms with Crippen molar-refractivity contribution in [2.24, 2.45) is 0 Å². The van der Waals surface area contributed by atoms with Crippen LogP contribution in [-0.2, 0) is 13.0 Å². The first kappa shape index (κ1) is 17.3. The summed E-state index contributed by atoms with van der Waals surface area (Å²) in [4.78, 5) is 19.8. The van der Waals surface area contributed by atoms with E-state index in [2.05, 4.69) is 19.7 Å². The van der Waals surface area contributed by atoms with Gasteiger partial charge in [-0.15, -0.1) is 10.2 Å². The number of nitrogens with zero attached hydrogens (tertiary/aromatic N) is 5. The Morgan fingerprint density at radius 2 is 1.93 bits per heavy atom. The Bertz CT molecular complexity index is 1010. The monoisotopic (exact) mass is 375 g/mol. The smallest absolute Gasteiger partial charge is 0.256 e. The molecule has 1 unspecified atom stereocenters. The first-order valence-electron chi connectivity index (χ1n) is 10.4. The molecule has 6 nitrogen and oxygen atoms in total. The molecule has 1 fully saturated rings. The zero-order chi connectivity index (χ0) is 18.9. The molecule has 3 aromatic rings. The molecular weight excluding hydrogens is 350 g/mol. The fourth-order valence-corrected chi connectivity index (χ4v) is 4.63. The molecule has 1 aromatic carbocycles. The van der Waals surface area contributed by atoms with E-state index in [0.717, 1.165) is 54.9 Å². The number of carbonyl (C=O) groups excluding carboxylic acids is 1. The van der Waals surface area contributed by atoms with Gasteiger partial charge in [-0.1, -0.05) is 24.6 Å². The lowest BCUT2D eigenvalue weighted by atomic mass is 9.96. The lowest BCUT2D eigenvalue weighted by Crippen LogP contribution is -2.40. The number of likely N-dealkylation sites (tertiary alicyclic amines) is 1. The van der Waals surface area contributed by atoms with Gasteiger partial charge in [-0.25, -0.2) is 0 Å². The van der Waals surface area contributed by atoms with Crippen molar-refractivity contribution in [3.63, 3.8) is 0 Å². The first-order chi connectivity index (χ1) is 13.8. The SMILES string of the molecule is O=C(c1cccc2cccnc12)N1CCCC(c2nnc3n2CCCCC3)C1. The third-order valence-corrected chi connectivity index (χ3v) is 6.07. The molecule has 6 heteroatoms. The van der Waals surface area contributed by atoms with Crippen LogP contribution in [-0.4, -0.2) is 43.6 Å². The number of amides is 1. The molecule has 28 heavy (non-hydrogen) atoms. The number of pyridine rings is 1. The number of hydrogen-bond acceptors (Lipinski definition) is 4. The van der Waals surface area contributed by atoms with Gasteiger partial charge in [0.15, 0.2) is 0 Å². The van der Waals surface area contributed by atoms with Crippen molar-refractivity contribution in [3.05, 3.63) is 53.7 Å². The van der Waals surface area contributed by atoms with E-state index in [-0.39, 0.29) is 11.8 Å². The van der Waals surface area contributed by atoms with Crippen LogP contribution in [0.2, 0.25) is 0 Å². The van der Waals surface area contributed by atoms with Crippen LogP contribution in [0, 0.1) is 0 Å². The number of fused-ring (bicyclic) bond motifs is 2. The number of carbonyl (C=O) groups is 1. The van der Waals surface area contributed by atoms with Crippen LogP contribution in [0.4, 0.5) is 0 Å². The summed E-state index contributed by atoms with van der Waals surface area (Å²) in [6, 6.07) is 9.75. The molecule has 5 rings (SSSR count). The standard InChI is InChI=1S/C22H25N5O/c28-22(18-10-4-7-16-8-5-12-23-20(16)18)26-13-6-9-17(15-26)21-25-24-19-11-2-1-3-14-27(19)21/h4-5,7-8,10,12,17H,1-3,6,9,11,13-15H2. The van der Waals surface area contributed by atoms with Crippen molar-refractivity contribution in [1.82, 2.24) is 24.6 Å². The second-order valence-electron chi connectivity index (χ2n) is 7.91. The third kappa shape index (κ3) is 3.07. The Kier molecular flexibility index (Phi) is 4.55. The van der Waals surface area contributed by atoms with Gasteiger partial charge in [0.1, 0.15) is 11.6 Å². The molecule has 0 bridgehead atoms. The van der Waals surface area contributed by atoms with Gasteiger partial charge >= 0.3 is 0 Å². The van der Waals surface area contributed by atoms with E-state index < -0.39 is 0 Å². The summed E-state index contributed by atoms with van der Waals surface area (Å²) < 4.78 is 2.32. The van der Waals surface area contributed by atoms with Gasteiger partial charge in [0.05, 0.1) is 11.1 Å². The maximum atomic E-state index is 13.3. The normalized spacial score (nSPS) is 20.0. The van der Waals surface area contributed by atoms with Crippen LogP contribution < -0.4 is 0 Å². The van der Waals surface area contributed by atoms with Crippen molar-refractivity contribution in [2.75, 3.05) is 13.1 Å². The van der Waals surface area contributed by atoms with Crippen molar-refractivity contribution in [1.29, 1.82) is 0 Å². The largest absolute Gasteiger partial charge is 0.338 e. The van der Waals surface area contributed by atoms with E-state index >= 15 is 0 Å². The highest BCUT2D eigenvalue weighted by Gasteiger charge is 2.30. The molecule has 2 aromatic heterocycles. The average molecular weight is 375 g/mol. The minimum Gasteiger partial charge on any atom is -0.338 e. The minimum atomic E-state index is 0.0737. The second-order valence-corrected chi connectivity index (χ2v) is 7.91. The highest BCUT2D eigenvalue weighted by atomic mass is 16.2. The van der Waals surface area contributed by atoms with E-state index in [1.807, 2.05) is 35.2 Å². The topological polar surface area (TPSA) is 63.9 Å². The van der Waals surface area contributed by atoms with Gasteiger partial charge in [-0.05, 0) is 37.8 Å². The van der Waals surface area contributed by atoms with Gasteiger partial charge < -0.3 is 9.47 Å². The van der Waals surface area contributed by atoms with E-state index in [0.29, 0.717) is 12.1 Å². The number of piperidine rings is 1. The second kappa shape index (κ2) is 7.34. The van der Waals surface area contributed by atoms with Gasteiger partial charge in [0.2, 0.25) is 0 Å². The molecule has 1 amide bonds. The number of rotatable bonds is 2. The maximum Gasteiger partial charge on any atom is 0.256 e. The molecule has 0 radical (unpaired) electrons. The van der Waals surface area contributed by atoms with E-state index in [1.165, 1.54) is 19.3 Å². The number of hydrogen-bond donors (Lipinski definition) is 0. The predicted octanol–water partition coefficient (Wildman–Crippen LogP) is 3.57. The van der Waals surface area contributed by atoms with Crippen molar-refractivity contribution >= 4 is 16.8 Å². The molecule has 2 aliphatic heterocycles. The van der Waals surface area contributed by atoms with Gasteiger partial charge in [0, 0.05) is 43.6 Å². The number of aromatic nitrogens is 4. The number of aryl methyl sites for hydroxylation is 1. The zero-order valence-electron chi connectivity index (χ0n) is 16.0. The predicted molar refractivity (Wildman–Crippen MR) is 107 cm³/mol. The molecule has 1 saturated heterocycles. The summed E-state index contributed by atoms with van der Waals surface area (Å²) in [5.41, 5.74) is 1.48. The van der Waals surface area contributed by atoms with Crippen LogP contribution in [0.1, 0.15) is 60.0 Å². The molecule has 144 valence electrons. The fraction of sp³-hybridized carbons (Fsp3) is 0.455. The van der Waals surface area contributed by atoms with Gasteiger partial charge in [-0.3, -0.25) is 9.78 Å². The summed E-state index contributed by atoms with van der Waals surface area (Å²) in [5, 5.41) is 10.0. The molecule has 1 atom stereocenters. The Hall–Kier alpha value is -2.76. The van der Waals surface area contributed by atoms with Crippen LogP contribution in [0.25, 0.3) is 10.9 Å². The highest BCUT2D eigenvalue weighted by Crippen LogP contribution is 2.29. The molecular formula is C22H25N5O. The molecule has 0 spiro atoms. The summed E-state index contributed by atoms with van der Waals surface area (Å²) in [5.74, 6) is 2.53. The zero-order valence-corrected chi connectivity index (χ0v) is 16.0. The quantitative estimate of drug-likeness (QED) is 0.687. The molecule has 2 aliphatic rings. The Labute approximate surface area is 164 Å².